The van der Waals surface area contributed by atoms with Gasteiger partial charge in [-0.15, -0.1) is 0 Å². The van der Waals surface area contributed by atoms with Crippen molar-refractivity contribution in [3.05, 3.63) is 188 Å². The topological polar surface area (TPSA) is 13.1 Å². The molecule has 0 unspecified atom stereocenters. The molecule has 0 aliphatic heterocycles. The molecule has 0 aliphatic carbocycles. The van der Waals surface area contributed by atoms with Crippen molar-refractivity contribution in [2.45, 2.75) is 0 Å². The predicted octanol–water partition coefficient (Wildman–Crippen LogP) is 11.9. The zero-order valence-corrected chi connectivity index (χ0v) is 25.7. The van der Waals surface area contributed by atoms with E-state index < -0.39 is 0 Å². The van der Waals surface area contributed by atoms with Crippen LogP contribution < -0.4 is 4.90 Å². The smallest absolute Gasteiger partial charge is 0.0540 e. The first-order valence-electron chi connectivity index (χ1n) is 16.0. The van der Waals surface area contributed by atoms with E-state index in [1.54, 1.807) is 0 Å². The van der Waals surface area contributed by atoms with Crippen LogP contribution in [0.5, 0.6) is 0 Å². The van der Waals surface area contributed by atoms with Gasteiger partial charge in [0.05, 0.1) is 16.7 Å². The zero-order chi connectivity index (χ0) is 31.2. The number of rotatable bonds is 6. The standard InChI is InChI=1S/C44H31N3/c1-2-15-37(16-3-1)47(44-20-10-14-33-11-4-7-17-41(33)44)38-23-21-32(22-24-38)36-29-39(45-27-25-34-12-5-8-18-42(34)45)31-40(30-36)46-28-26-35-13-6-9-19-43(35)46/h1-31H. The van der Waals surface area contributed by atoms with E-state index in [2.05, 4.69) is 202 Å². The number of anilines is 3. The van der Waals surface area contributed by atoms with Gasteiger partial charge in [-0.2, -0.15) is 0 Å². The summed E-state index contributed by atoms with van der Waals surface area (Å²) in [5.74, 6) is 0. The Hall–Kier alpha value is -6.32. The summed E-state index contributed by atoms with van der Waals surface area (Å²) >= 11 is 0. The molecule has 3 nitrogen and oxygen atoms in total. The molecule has 0 saturated heterocycles. The van der Waals surface area contributed by atoms with Crippen molar-refractivity contribution in [1.82, 2.24) is 9.13 Å². The molecule has 222 valence electrons. The molecule has 0 atom stereocenters. The highest BCUT2D eigenvalue weighted by Crippen LogP contribution is 2.40. The first-order chi connectivity index (χ1) is 23.3. The minimum absolute atomic E-state index is 1.11. The second-order valence-corrected chi connectivity index (χ2v) is 11.9. The number of para-hydroxylation sites is 3. The summed E-state index contributed by atoms with van der Waals surface area (Å²) in [7, 11) is 0. The highest BCUT2D eigenvalue weighted by Gasteiger charge is 2.16. The van der Waals surface area contributed by atoms with Gasteiger partial charge < -0.3 is 14.0 Å². The molecular formula is C44H31N3. The van der Waals surface area contributed by atoms with Crippen LogP contribution in [0.4, 0.5) is 17.1 Å². The molecule has 0 saturated carbocycles. The molecule has 3 heteroatoms. The van der Waals surface area contributed by atoms with Crippen molar-refractivity contribution >= 4 is 49.6 Å². The molecule has 0 aliphatic rings. The Labute approximate surface area is 273 Å². The van der Waals surface area contributed by atoms with Gasteiger partial charge in [-0.1, -0.05) is 103 Å². The quantitative estimate of drug-likeness (QED) is 0.185. The average Bonchev–Trinajstić information content (AvgIpc) is 3.78. The van der Waals surface area contributed by atoms with Gasteiger partial charge in [-0.3, -0.25) is 0 Å². The molecule has 2 heterocycles. The molecule has 9 rings (SSSR count). The van der Waals surface area contributed by atoms with Crippen LogP contribution >= 0.6 is 0 Å². The number of nitrogens with zero attached hydrogens (tertiary/aromatic N) is 3. The van der Waals surface area contributed by atoms with Crippen LogP contribution in [0.1, 0.15) is 0 Å². The highest BCUT2D eigenvalue weighted by atomic mass is 15.1. The van der Waals surface area contributed by atoms with E-state index in [4.69, 9.17) is 0 Å². The van der Waals surface area contributed by atoms with Crippen molar-refractivity contribution in [3.63, 3.8) is 0 Å². The summed E-state index contributed by atoms with van der Waals surface area (Å²) in [5, 5.41) is 4.90. The number of hydrogen-bond acceptors (Lipinski definition) is 1. The SMILES string of the molecule is c1ccc(N(c2ccc(-c3cc(-n4ccc5ccccc54)cc(-n4ccc5ccccc54)c3)cc2)c2cccc3ccccc23)cc1. The minimum atomic E-state index is 1.11. The Kier molecular flexibility index (Phi) is 6.46. The molecule has 0 amide bonds. The number of fused-ring (bicyclic) bond motifs is 3. The van der Waals surface area contributed by atoms with Crippen LogP contribution in [-0.4, -0.2) is 9.13 Å². The van der Waals surface area contributed by atoms with Crippen molar-refractivity contribution < 1.29 is 0 Å². The molecule has 0 fully saturated rings. The van der Waals surface area contributed by atoms with Crippen LogP contribution in [0.25, 0.3) is 55.1 Å². The zero-order valence-electron chi connectivity index (χ0n) is 25.7. The fourth-order valence-electron chi connectivity index (χ4n) is 6.87. The van der Waals surface area contributed by atoms with Gasteiger partial charge in [0.1, 0.15) is 0 Å². The molecule has 7 aromatic carbocycles. The van der Waals surface area contributed by atoms with Crippen LogP contribution in [0, 0.1) is 0 Å². The van der Waals surface area contributed by atoms with E-state index in [1.165, 1.54) is 32.6 Å². The maximum atomic E-state index is 2.35. The summed E-state index contributed by atoms with van der Waals surface area (Å²) in [5.41, 5.74) is 10.4. The lowest BCUT2D eigenvalue weighted by atomic mass is 10.0. The monoisotopic (exact) mass is 601 g/mol. The van der Waals surface area contributed by atoms with Crippen molar-refractivity contribution in [1.29, 1.82) is 0 Å². The van der Waals surface area contributed by atoms with Crippen LogP contribution in [0.2, 0.25) is 0 Å². The van der Waals surface area contributed by atoms with E-state index in [0.29, 0.717) is 0 Å². The predicted molar refractivity (Wildman–Crippen MR) is 198 cm³/mol. The number of aromatic nitrogens is 2. The van der Waals surface area contributed by atoms with Gasteiger partial charge in [0.25, 0.3) is 0 Å². The maximum absolute atomic E-state index is 2.35. The van der Waals surface area contributed by atoms with Gasteiger partial charge >= 0.3 is 0 Å². The van der Waals surface area contributed by atoms with E-state index in [0.717, 1.165) is 39.6 Å². The summed E-state index contributed by atoms with van der Waals surface area (Å²) in [4.78, 5) is 2.35. The summed E-state index contributed by atoms with van der Waals surface area (Å²) in [6.45, 7) is 0. The van der Waals surface area contributed by atoms with Crippen molar-refractivity contribution in [3.8, 4) is 22.5 Å². The third-order valence-electron chi connectivity index (χ3n) is 9.14. The van der Waals surface area contributed by atoms with Crippen molar-refractivity contribution in [2.24, 2.45) is 0 Å². The summed E-state index contributed by atoms with van der Waals surface area (Å²) < 4.78 is 4.58. The van der Waals surface area contributed by atoms with Crippen LogP contribution in [0.3, 0.4) is 0 Å². The summed E-state index contributed by atoms with van der Waals surface area (Å²) in [6.07, 6.45) is 4.35. The highest BCUT2D eigenvalue weighted by molar-refractivity contribution is 5.99. The average molecular weight is 602 g/mol. The first-order valence-corrected chi connectivity index (χ1v) is 16.0. The molecule has 2 aromatic heterocycles. The first kappa shape index (κ1) is 27.0. The number of hydrogen-bond donors (Lipinski definition) is 0. The Morgan fingerprint density at radius 1 is 0.362 bits per heavy atom. The van der Waals surface area contributed by atoms with E-state index in [9.17, 15) is 0 Å². The Bertz CT molecular complexity index is 2420. The normalized spacial score (nSPS) is 11.4. The third-order valence-corrected chi connectivity index (χ3v) is 9.14. The third kappa shape index (κ3) is 4.77. The maximum Gasteiger partial charge on any atom is 0.0540 e. The Morgan fingerprint density at radius 2 is 0.894 bits per heavy atom. The van der Waals surface area contributed by atoms with Gasteiger partial charge in [-0.25, -0.2) is 0 Å². The van der Waals surface area contributed by atoms with Gasteiger partial charge in [0, 0.05) is 40.5 Å². The molecule has 0 bridgehead atoms. The second kappa shape index (κ2) is 11.2. The Morgan fingerprint density at radius 3 is 1.55 bits per heavy atom. The Balaban J connectivity index is 1.19. The lowest BCUT2D eigenvalue weighted by Gasteiger charge is -2.27. The van der Waals surface area contributed by atoms with Crippen molar-refractivity contribution in [2.75, 3.05) is 4.90 Å². The fourth-order valence-corrected chi connectivity index (χ4v) is 6.87. The van der Waals surface area contributed by atoms with E-state index in [1.807, 2.05) is 0 Å². The minimum Gasteiger partial charge on any atom is -0.316 e. The van der Waals surface area contributed by atoms with Crippen LogP contribution in [0.15, 0.2) is 188 Å². The largest absolute Gasteiger partial charge is 0.316 e. The number of benzene rings is 7. The fraction of sp³-hybridized carbons (Fsp3) is 0. The summed E-state index contributed by atoms with van der Waals surface area (Å²) in [6, 6.07) is 63.1. The van der Waals surface area contributed by atoms with Crippen LogP contribution in [-0.2, 0) is 0 Å². The van der Waals surface area contributed by atoms with Gasteiger partial charge in [0.2, 0.25) is 0 Å². The molecular weight excluding hydrogens is 571 g/mol. The molecule has 0 N–H and O–H groups in total. The van der Waals surface area contributed by atoms with E-state index in [-0.39, 0.29) is 0 Å². The van der Waals surface area contributed by atoms with Gasteiger partial charge in [0.15, 0.2) is 0 Å². The molecule has 9 aromatic rings. The lowest BCUT2D eigenvalue weighted by molar-refractivity contribution is 1.09. The second-order valence-electron chi connectivity index (χ2n) is 11.9. The van der Waals surface area contributed by atoms with E-state index >= 15 is 0 Å². The van der Waals surface area contributed by atoms with Gasteiger partial charge in [-0.05, 0) is 100 Å². The lowest BCUT2D eigenvalue weighted by Crippen LogP contribution is -2.10. The molecule has 47 heavy (non-hydrogen) atoms. The molecule has 0 radical (unpaired) electrons. The molecule has 0 spiro atoms.